The summed E-state index contributed by atoms with van der Waals surface area (Å²) < 4.78 is 2.04. The molecule has 0 spiro atoms. The fourth-order valence-electron chi connectivity index (χ4n) is 1.47. The molecule has 2 aromatic rings. The Kier molecular flexibility index (Phi) is 1.06. The maximum atomic E-state index is 4.31. The number of hydrogen-bond acceptors (Lipinski definition) is 2. The molecule has 0 unspecified atom stereocenters. The second-order valence-corrected chi connectivity index (χ2v) is 3.24. The predicted molar refractivity (Wildman–Crippen MR) is 45.8 cm³/mol. The monoisotopic (exact) mass is 159 g/mol. The van der Waals surface area contributed by atoms with E-state index in [-0.39, 0.29) is 0 Å². The summed E-state index contributed by atoms with van der Waals surface area (Å²) in [4.78, 5) is 4.30. The van der Waals surface area contributed by atoms with Crippen LogP contribution in [0.1, 0.15) is 18.9 Å². The van der Waals surface area contributed by atoms with E-state index in [1.807, 2.05) is 29.2 Å². The lowest BCUT2D eigenvalue weighted by molar-refractivity contribution is 0.658. The van der Waals surface area contributed by atoms with Crippen LogP contribution >= 0.6 is 0 Å². The fourth-order valence-corrected chi connectivity index (χ4v) is 1.47. The Balaban J connectivity index is 2.30. The molecule has 0 atom stereocenters. The van der Waals surface area contributed by atoms with E-state index in [1.165, 1.54) is 12.8 Å². The molecule has 2 heterocycles. The van der Waals surface area contributed by atoms with Crippen molar-refractivity contribution in [1.29, 1.82) is 0 Å². The molecule has 60 valence electrons. The third-order valence-corrected chi connectivity index (χ3v) is 2.25. The van der Waals surface area contributed by atoms with Crippen molar-refractivity contribution >= 4 is 11.0 Å². The topological polar surface area (TPSA) is 30.7 Å². The first-order chi connectivity index (χ1) is 5.95. The highest BCUT2D eigenvalue weighted by atomic mass is 15.3. The van der Waals surface area contributed by atoms with Gasteiger partial charge in [0, 0.05) is 11.6 Å². The van der Waals surface area contributed by atoms with Gasteiger partial charge in [0.15, 0.2) is 5.65 Å². The van der Waals surface area contributed by atoms with E-state index in [0.717, 1.165) is 11.0 Å². The second-order valence-electron chi connectivity index (χ2n) is 3.24. The van der Waals surface area contributed by atoms with E-state index >= 15 is 0 Å². The molecule has 0 radical (unpaired) electrons. The van der Waals surface area contributed by atoms with Crippen LogP contribution in [0.25, 0.3) is 11.0 Å². The summed E-state index contributed by atoms with van der Waals surface area (Å²) in [6.07, 6.45) is 6.23. The van der Waals surface area contributed by atoms with Crippen molar-refractivity contribution in [3.63, 3.8) is 0 Å². The van der Waals surface area contributed by atoms with Gasteiger partial charge in [0.1, 0.15) is 0 Å². The average molecular weight is 159 g/mol. The number of aromatic nitrogens is 3. The van der Waals surface area contributed by atoms with Crippen molar-refractivity contribution < 1.29 is 0 Å². The van der Waals surface area contributed by atoms with Gasteiger partial charge in [-0.3, -0.25) is 0 Å². The largest absolute Gasteiger partial charge is 0.244 e. The number of rotatable bonds is 1. The molecule has 12 heavy (non-hydrogen) atoms. The Morgan fingerprint density at radius 3 is 3.17 bits per heavy atom. The van der Waals surface area contributed by atoms with E-state index in [2.05, 4.69) is 10.1 Å². The fraction of sp³-hybridized carbons (Fsp3) is 0.333. The minimum Gasteiger partial charge on any atom is -0.244 e. The third kappa shape index (κ3) is 0.763. The molecular formula is C9H9N3. The lowest BCUT2D eigenvalue weighted by atomic mass is 10.4. The standard InChI is InChI=1S/C9H9N3/c1-2-7-6-11-12(8-3-4-8)9(7)10-5-1/h1-2,5-6,8H,3-4H2. The Hall–Kier alpha value is -1.38. The van der Waals surface area contributed by atoms with Crippen LogP contribution in [0.3, 0.4) is 0 Å². The van der Waals surface area contributed by atoms with Gasteiger partial charge in [-0.2, -0.15) is 5.10 Å². The first-order valence-electron chi connectivity index (χ1n) is 4.23. The van der Waals surface area contributed by atoms with Gasteiger partial charge in [0.2, 0.25) is 0 Å². The number of hydrogen-bond donors (Lipinski definition) is 0. The summed E-state index contributed by atoms with van der Waals surface area (Å²) in [6, 6.07) is 4.62. The normalized spacial score (nSPS) is 17.0. The molecule has 0 bridgehead atoms. The second kappa shape index (κ2) is 2.06. The summed E-state index contributed by atoms with van der Waals surface area (Å²) in [6.45, 7) is 0. The lowest BCUT2D eigenvalue weighted by Crippen LogP contribution is -1.96. The molecule has 3 rings (SSSR count). The molecule has 3 nitrogen and oxygen atoms in total. The van der Waals surface area contributed by atoms with Crippen molar-refractivity contribution in [3.8, 4) is 0 Å². The van der Waals surface area contributed by atoms with Gasteiger partial charge in [-0.1, -0.05) is 0 Å². The van der Waals surface area contributed by atoms with Crippen molar-refractivity contribution in [1.82, 2.24) is 14.8 Å². The van der Waals surface area contributed by atoms with Gasteiger partial charge in [-0.25, -0.2) is 9.67 Å². The summed E-state index contributed by atoms with van der Waals surface area (Å²) in [7, 11) is 0. The van der Waals surface area contributed by atoms with Crippen LogP contribution in [0.5, 0.6) is 0 Å². The molecular weight excluding hydrogens is 150 g/mol. The minimum atomic E-state index is 0.623. The Labute approximate surface area is 70.0 Å². The number of pyridine rings is 1. The zero-order chi connectivity index (χ0) is 7.97. The van der Waals surface area contributed by atoms with Crippen molar-refractivity contribution in [2.75, 3.05) is 0 Å². The highest BCUT2D eigenvalue weighted by Gasteiger charge is 2.25. The molecule has 1 aliphatic rings. The summed E-state index contributed by atoms with van der Waals surface area (Å²) in [5.74, 6) is 0. The molecule has 0 aliphatic heterocycles. The minimum absolute atomic E-state index is 0.623. The molecule has 0 aromatic carbocycles. The van der Waals surface area contributed by atoms with Crippen molar-refractivity contribution in [2.24, 2.45) is 0 Å². The van der Waals surface area contributed by atoms with Crippen LogP contribution in [0, 0.1) is 0 Å². The SMILES string of the molecule is c1cnc2c(c1)cnn2C1CC1. The first-order valence-corrected chi connectivity index (χ1v) is 4.23. The van der Waals surface area contributed by atoms with Crippen molar-refractivity contribution in [3.05, 3.63) is 24.5 Å². The van der Waals surface area contributed by atoms with Gasteiger partial charge in [0.25, 0.3) is 0 Å². The van der Waals surface area contributed by atoms with Crippen LogP contribution in [-0.4, -0.2) is 14.8 Å². The quantitative estimate of drug-likeness (QED) is 0.634. The maximum absolute atomic E-state index is 4.31. The van der Waals surface area contributed by atoms with E-state index < -0.39 is 0 Å². The van der Waals surface area contributed by atoms with E-state index in [0.29, 0.717) is 6.04 Å². The molecule has 0 N–H and O–H groups in total. The van der Waals surface area contributed by atoms with Crippen LogP contribution < -0.4 is 0 Å². The van der Waals surface area contributed by atoms with Gasteiger partial charge in [-0.05, 0) is 25.0 Å². The first kappa shape index (κ1) is 6.17. The zero-order valence-electron chi connectivity index (χ0n) is 6.64. The Morgan fingerprint density at radius 1 is 1.42 bits per heavy atom. The summed E-state index contributed by atoms with van der Waals surface area (Å²) in [5.41, 5.74) is 1.03. The molecule has 2 aromatic heterocycles. The molecule has 0 amide bonds. The highest BCUT2D eigenvalue weighted by Crippen LogP contribution is 2.35. The molecule has 1 saturated carbocycles. The molecule has 0 saturated heterocycles. The van der Waals surface area contributed by atoms with Gasteiger partial charge in [0.05, 0.1) is 12.2 Å². The molecule has 3 heteroatoms. The number of fused-ring (bicyclic) bond motifs is 1. The summed E-state index contributed by atoms with van der Waals surface area (Å²) >= 11 is 0. The predicted octanol–water partition coefficient (Wildman–Crippen LogP) is 1.77. The van der Waals surface area contributed by atoms with E-state index in [1.54, 1.807) is 0 Å². The van der Waals surface area contributed by atoms with Gasteiger partial charge < -0.3 is 0 Å². The van der Waals surface area contributed by atoms with E-state index in [4.69, 9.17) is 0 Å². The van der Waals surface area contributed by atoms with E-state index in [9.17, 15) is 0 Å². The Morgan fingerprint density at radius 2 is 2.33 bits per heavy atom. The summed E-state index contributed by atoms with van der Waals surface area (Å²) in [5, 5.41) is 5.45. The van der Waals surface area contributed by atoms with Crippen molar-refractivity contribution in [2.45, 2.75) is 18.9 Å². The number of nitrogens with zero attached hydrogens (tertiary/aromatic N) is 3. The molecule has 1 aliphatic carbocycles. The molecule has 1 fully saturated rings. The van der Waals surface area contributed by atoms with Gasteiger partial charge in [-0.15, -0.1) is 0 Å². The van der Waals surface area contributed by atoms with Gasteiger partial charge >= 0.3 is 0 Å². The smallest absolute Gasteiger partial charge is 0.157 e. The zero-order valence-corrected chi connectivity index (χ0v) is 6.64. The lowest BCUT2D eigenvalue weighted by Gasteiger charge is -1.96. The van der Waals surface area contributed by atoms with Crippen LogP contribution in [0.2, 0.25) is 0 Å². The maximum Gasteiger partial charge on any atom is 0.157 e. The third-order valence-electron chi connectivity index (χ3n) is 2.25. The van der Waals surface area contributed by atoms with Crippen LogP contribution in [0.4, 0.5) is 0 Å². The van der Waals surface area contributed by atoms with Crippen LogP contribution in [0.15, 0.2) is 24.5 Å². The highest BCUT2D eigenvalue weighted by molar-refractivity contribution is 5.74. The van der Waals surface area contributed by atoms with Crippen LogP contribution in [-0.2, 0) is 0 Å². The average Bonchev–Trinajstić information content (AvgIpc) is 2.86. The Bertz CT molecular complexity index is 414.